The highest BCUT2D eigenvalue weighted by Gasteiger charge is 2.14. The first kappa shape index (κ1) is 20.7. The van der Waals surface area contributed by atoms with E-state index in [0.717, 1.165) is 0 Å². The number of fused-ring (bicyclic) bond motifs is 1. The molecule has 32 heavy (non-hydrogen) atoms. The standard InChI is InChI=1S/C24H17N3O5/c1-16(28)32-22-13-12-19(27(30)31)15-17(22)11-14-23-25-21-10-6-5-9-20(21)24(29)26(23)18-7-3-2-4-8-18/h2-15H,1H3. The van der Waals surface area contributed by atoms with Crippen LogP contribution in [0, 0.1) is 10.1 Å². The van der Waals surface area contributed by atoms with E-state index in [-0.39, 0.29) is 17.0 Å². The molecule has 0 aliphatic rings. The predicted molar refractivity (Wildman–Crippen MR) is 121 cm³/mol. The van der Waals surface area contributed by atoms with Crippen LogP contribution in [-0.4, -0.2) is 20.4 Å². The molecule has 158 valence electrons. The Morgan fingerprint density at radius 3 is 2.47 bits per heavy atom. The van der Waals surface area contributed by atoms with Crippen LogP contribution in [-0.2, 0) is 4.79 Å². The number of esters is 1. The second-order valence-electron chi connectivity index (χ2n) is 6.87. The highest BCUT2D eigenvalue weighted by Crippen LogP contribution is 2.26. The summed E-state index contributed by atoms with van der Waals surface area (Å²) in [5, 5.41) is 11.7. The Bertz CT molecular complexity index is 1430. The molecule has 0 N–H and O–H groups in total. The Kier molecular flexibility index (Phi) is 5.59. The molecule has 1 heterocycles. The van der Waals surface area contributed by atoms with Gasteiger partial charge in [-0.15, -0.1) is 0 Å². The summed E-state index contributed by atoms with van der Waals surface area (Å²) >= 11 is 0. The molecule has 8 heteroatoms. The lowest BCUT2D eigenvalue weighted by atomic mass is 10.1. The van der Waals surface area contributed by atoms with Crippen LogP contribution in [0.2, 0.25) is 0 Å². The number of benzene rings is 3. The quantitative estimate of drug-likeness (QED) is 0.202. The van der Waals surface area contributed by atoms with Crippen molar-refractivity contribution in [1.82, 2.24) is 9.55 Å². The number of rotatable bonds is 5. The average molecular weight is 427 g/mol. The molecule has 1 aromatic heterocycles. The molecule has 4 aromatic rings. The van der Waals surface area contributed by atoms with Gasteiger partial charge in [0.1, 0.15) is 11.6 Å². The Morgan fingerprint density at radius 1 is 1.03 bits per heavy atom. The first-order chi connectivity index (χ1) is 15.4. The van der Waals surface area contributed by atoms with E-state index < -0.39 is 10.9 Å². The fourth-order valence-corrected chi connectivity index (χ4v) is 3.28. The fourth-order valence-electron chi connectivity index (χ4n) is 3.28. The minimum atomic E-state index is -0.557. The number of carbonyl (C=O) groups excluding carboxylic acids is 1. The lowest BCUT2D eigenvalue weighted by Crippen LogP contribution is -2.22. The van der Waals surface area contributed by atoms with Crippen LogP contribution in [0.15, 0.2) is 77.6 Å². The molecule has 0 saturated heterocycles. The number of nitro benzene ring substituents is 1. The van der Waals surface area contributed by atoms with Gasteiger partial charge in [-0.25, -0.2) is 4.98 Å². The van der Waals surface area contributed by atoms with E-state index in [1.165, 1.54) is 35.8 Å². The Balaban J connectivity index is 1.91. The molecule has 8 nitrogen and oxygen atoms in total. The zero-order chi connectivity index (χ0) is 22.7. The summed E-state index contributed by atoms with van der Waals surface area (Å²) in [4.78, 5) is 40.0. The maximum atomic E-state index is 13.2. The largest absolute Gasteiger partial charge is 0.426 e. The Morgan fingerprint density at radius 2 is 1.75 bits per heavy atom. The third kappa shape index (κ3) is 4.15. The van der Waals surface area contributed by atoms with Crippen molar-refractivity contribution in [2.24, 2.45) is 0 Å². The molecule has 0 amide bonds. The van der Waals surface area contributed by atoms with Gasteiger partial charge in [0.15, 0.2) is 0 Å². The van der Waals surface area contributed by atoms with Crippen LogP contribution in [0.4, 0.5) is 5.69 Å². The lowest BCUT2D eigenvalue weighted by Gasteiger charge is -2.11. The van der Waals surface area contributed by atoms with Gasteiger partial charge in [-0.2, -0.15) is 0 Å². The van der Waals surface area contributed by atoms with Crippen molar-refractivity contribution >= 4 is 34.7 Å². The third-order valence-electron chi connectivity index (χ3n) is 4.69. The van der Waals surface area contributed by atoms with E-state index in [1.807, 2.05) is 18.2 Å². The molecule has 0 bridgehead atoms. The first-order valence-electron chi connectivity index (χ1n) is 9.66. The molecular formula is C24H17N3O5. The SMILES string of the molecule is CC(=O)Oc1ccc([N+](=O)[O-])cc1C=Cc1nc2ccccc2c(=O)n1-c1ccccc1. The number of hydrogen-bond donors (Lipinski definition) is 0. The first-order valence-corrected chi connectivity index (χ1v) is 9.66. The van der Waals surface area contributed by atoms with Crippen molar-refractivity contribution in [2.75, 3.05) is 0 Å². The van der Waals surface area contributed by atoms with Crippen LogP contribution < -0.4 is 10.3 Å². The van der Waals surface area contributed by atoms with Gasteiger partial charge in [0.05, 0.1) is 21.5 Å². The molecule has 4 rings (SSSR count). The van der Waals surface area contributed by atoms with Gasteiger partial charge < -0.3 is 4.74 Å². The molecule has 0 radical (unpaired) electrons. The number of carbonyl (C=O) groups is 1. The minimum absolute atomic E-state index is 0.160. The number of non-ortho nitro benzene ring substituents is 1. The summed E-state index contributed by atoms with van der Waals surface area (Å²) in [7, 11) is 0. The predicted octanol–water partition coefficient (Wildman–Crippen LogP) is 4.39. The zero-order valence-corrected chi connectivity index (χ0v) is 17.0. The van der Waals surface area contributed by atoms with E-state index in [2.05, 4.69) is 4.98 Å². The monoisotopic (exact) mass is 427 g/mol. The van der Waals surface area contributed by atoms with Gasteiger partial charge in [-0.1, -0.05) is 30.3 Å². The summed E-state index contributed by atoms with van der Waals surface area (Å²) < 4.78 is 6.64. The second kappa shape index (κ2) is 8.65. The highest BCUT2D eigenvalue weighted by atomic mass is 16.6. The normalized spacial score (nSPS) is 11.0. The van der Waals surface area contributed by atoms with E-state index in [1.54, 1.807) is 42.5 Å². The van der Waals surface area contributed by atoms with Gasteiger partial charge in [0.25, 0.3) is 11.2 Å². The summed E-state index contributed by atoms with van der Waals surface area (Å²) in [6.45, 7) is 1.24. The van der Waals surface area contributed by atoms with Crippen molar-refractivity contribution < 1.29 is 14.5 Å². The molecule has 0 atom stereocenters. The maximum absolute atomic E-state index is 13.2. The van der Waals surface area contributed by atoms with Crippen LogP contribution >= 0.6 is 0 Å². The number of nitro groups is 1. The topological polar surface area (TPSA) is 104 Å². The van der Waals surface area contributed by atoms with Crippen molar-refractivity contribution in [1.29, 1.82) is 0 Å². The van der Waals surface area contributed by atoms with Crippen LogP contribution in [0.1, 0.15) is 18.3 Å². The van der Waals surface area contributed by atoms with Crippen LogP contribution in [0.25, 0.3) is 28.7 Å². The molecule has 0 aliphatic heterocycles. The molecule has 0 aliphatic carbocycles. The van der Waals surface area contributed by atoms with Crippen molar-refractivity contribution in [3.63, 3.8) is 0 Å². The maximum Gasteiger partial charge on any atom is 0.308 e. The Hall–Kier alpha value is -4.59. The number of para-hydroxylation sites is 2. The van der Waals surface area contributed by atoms with Gasteiger partial charge in [-0.05, 0) is 42.5 Å². The van der Waals surface area contributed by atoms with Crippen molar-refractivity contribution in [3.05, 3.63) is 105 Å². The lowest BCUT2D eigenvalue weighted by molar-refractivity contribution is -0.384. The molecule has 0 fully saturated rings. The van der Waals surface area contributed by atoms with Crippen LogP contribution in [0.5, 0.6) is 5.75 Å². The number of aromatic nitrogens is 2. The highest BCUT2D eigenvalue weighted by molar-refractivity contribution is 5.81. The van der Waals surface area contributed by atoms with Crippen molar-refractivity contribution in [3.8, 4) is 11.4 Å². The molecule has 3 aromatic carbocycles. The van der Waals surface area contributed by atoms with E-state index in [0.29, 0.717) is 28.0 Å². The third-order valence-corrected chi connectivity index (χ3v) is 4.69. The molecular weight excluding hydrogens is 410 g/mol. The molecule has 0 saturated carbocycles. The summed E-state index contributed by atoms with van der Waals surface area (Å²) in [6.07, 6.45) is 3.09. The van der Waals surface area contributed by atoms with Crippen LogP contribution in [0.3, 0.4) is 0 Å². The van der Waals surface area contributed by atoms with E-state index in [4.69, 9.17) is 4.74 Å². The zero-order valence-electron chi connectivity index (χ0n) is 17.0. The minimum Gasteiger partial charge on any atom is -0.426 e. The van der Waals surface area contributed by atoms with Crippen molar-refractivity contribution in [2.45, 2.75) is 6.92 Å². The smallest absolute Gasteiger partial charge is 0.308 e. The second-order valence-corrected chi connectivity index (χ2v) is 6.87. The fraction of sp³-hybridized carbons (Fsp3) is 0.0417. The molecule has 0 unspecified atom stereocenters. The number of ether oxygens (including phenoxy) is 1. The molecule has 0 spiro atoms. The summed E-state index contributed by atoms with van der Waals surface area (Å²) in [5.74, 6) is -0.0764. The van der Waals surface area contributed by atoms with Gasteiger partial charge in [-0.3, -0.25) is 24.3 Å². The van der Waals surface area contributed by atoms with Gasteiger partial charge in [0.2, 0.25) is 0 Å². The van der Waals surface area contributed by atoms with Gasteiger partial charge >= 0.3 is 5.97 Å². The average Bonchev–Trinajstić information content (AvgIpc) is 2.78. The van der Waals surface area contributed by atoms with Gasteiger partial charge in [0, 0.05) is 24.6 Å². The number of hydrogen-bond acceptors (Lipinski definition) is 6. The Labute approximate surface area is 182 Å². The van der Waals surface area contributed by atoms with E-state index >= 15 is 0 Å². The summed E-state index contributed by atoms with van der Waals surface area (Å²) in [5.41, 5.74) is 1.03. The summed E-state index contributed by atoms with van der Waals surface area (Å²) in [6, 6.07) is 19.9. The number of nitrogens with zero attached hydrogens (tertiary/aromatic N) is 3. The van der Waals surface area contributed by atoms with E-state index in [9.17, 15) is 19.7 Å².